The highest BCUT2D eigenvalue weighted by Crippen LogP contribution is 2.29. The van der Waals surface area contributed by atoms with Crippen LogP contribution in [0.25, 0.3) is 0 Å². The molecule has 0 fully saturated rings. The van der Waals surface area contributed by atoms with E-state index < -0.39 is 0 Å². The van der Waals surface area contributed by atoms with Gasteiger partial charge in [-0.25, -0.2) is 0 Å². The van der Waals surface area contributed by atoms with Gasteiger partial charge in [-0.05, 0) is 74.2 Å². The molecule has 0 atom stereocenters. The molecular weight excluding hydrogens is 230 g/mol. The van der Waals surface area contributed by atoms with Gasteiger partial charge in [0.25, 0.3) is 0 Å². The molecule has 0 aliphatic heterocycles. The molecule has 0 spiro atoms. The minimum atomic E-state index is 1.16. The Balaban J connectivity index is 2.52. The van der Waals surface area contributed by atoms with Crippen LogP contribution in [0.5, 0.6) is 0 Å². The maximum Gasteiger partial charge on any atom is 0.0460 e. The maximum atomic E-state index is 3.96. The second-order valence-corrected chi connectivity index (χ2v) is 5.24. The van der Waals surface area contributed by atoms with E-state index in [1.54, 1.807) is 0 Å². The first-order chi connectivity index (χ1) is 8.99. The molecule has 0 aliphatic rings. The fourth-order valence-corrected chi connectivity index (χ4v) is 2.54. The molecule has 0 amide bonds. The van der Waals surface area contributed by atoms with Crippen LogP contribution in [0.2, 0.25) is 0 Å². The molecule has 0 aliphatic carbocycles. The molecule has 0 heterocycles. The van der Waals surface area contributed by atoms with E-state index in [9.17, 15) is 0 Å². The smallest absolute Gasteiger partial charge is 0.0460 e. The van der Waals surface area contributed by atoms with Crippen molar-refractivity contribution in [2.24, 2.45) is 0 Å². The van der Waals surface area contributed by atoms with E-state index >= 15 is 0 Å². The minimum Gasteiger partial charge on any atom is -0.318 e. The van der Waals surface area contributed by atoms with E-state index in [0.29, 0.717) is 0 Å². The molecule has 1 nitrogen and oxygen atoms in total. The van der Waals surface area contributed by atoms with Gasteiger partial charge in [0.2, 0.25) is 0 Å². The summed E-state index contributed by atoms with van der Waals surface area (Å²) in [6.45, 7) is 12.5. The molecule has 2 rings (SSSR count). The van der Waals surface area contributed by atoms with E-state index in [-0.39, 0.29) is 0 Å². The van der Waals surface area contributed by atoms with Gasteiger partial charge in [0.1, 0.15) is 0 Å². The molecule has 2 aromatic carbocycles. The lowest BCUT2D eigenvalue weighted by molar-refractivity contribution is 1.24. The summed E-state index contributed by atoms with van der Waals surface area (Å²) in [5.41, 5.74) is 7.41. The van der Waals surface area contributed by atoms with Gasteiger partial charge < -0.3 is 4.90 Å². The van der Waals surface area contributed by atoms with Crippen LogP contribution in [0, 0.1) is 27.7 Å². The minimum absolute atomic E-state index is 1.16. The van der Waals surface area contributed by atoms with E-state index in [1.165, 1.54) is 22.3 Å². The molecule has 0 saturated heterocycles. The van der Waals surface area contributed by atoms with Crippen molar-refractivity contribution in [1.82, 2.24) is 0 Å². The number of rotatable bonds is 3. The zero-order valence-electron chi connectivity index (χ0n) is 12.2. The van der Waals surface area contributed by atoms with E-state index in [2.05, 4.69) is 75.6 Å². The zero-order valence-corrected chi connectivity index (χ0v) is 12.2. The fourth-order valence-electron chi connectivity index (χ4n) is 2.54. The van der Waals surface area contributed by atoms with Crippen molar-refractivity contribution in [3.8, 4) is 0 Å². The van der Waals surface area contributed by atoms with Gasteiger partial charge in [-0.2, -0.15) is 0 Å². The van der Waals surface area contributed by atoms with Crippen LogP contribution in [0.3, 0.4) is 0 Å². The monoisotopic (exact) mass is 251 g/mol. The molecule has 0 radical (unpaired) electrons. The van der Waals surface area contributed by atoms with Crippen LogP contribution in [0.1, 0.15) is 22.3 Å². The third-order valence-corrected chi connectivity index (χ3v) is 3.15. The predicted molar refractivity (Wildman–Crippen MR) is 84.2 cm³/mol. The summed E-state index contributed by atoms with van der Waals surface area (Å²) < 4.78 is 0. The number of aryl methyl sites for hydroxylation is 4. The Kier molecular flexibility index (Phi) is 3.75. The second-order valence-electron chi connectivity index (χ2n) is 5.24. The summed E-state index contributed by atoms with van der Waals surface area (Å²) in [7, 11) is 0. The van der Waals surface area contributed by atoms with Crippen molar-refractivity contribution in [1.29, 1.82) is 0 Å². The first-order valence-electron chi connectivity index (χ1n) is 6.58. The molecule has 0 bridgehead atoms. The highest BCUT2D eigenvalue weighted by atomic mass is 15.1. The summed E-state index contributed by atoms with van der Waals surface area (Å²) in [6, 6.07) is 13.1. The number of anilines is 2. The third-order valence-electron chi connectivity index (χ3n) is 3.15. The molecule has 0 aromatic heterocycles. The maximum absolute atomic E-state index is 3.96. The van der Waals surface area contributed by atoms with Crippen LogP contribution in [0.4, 0.5) is 11.4 Å². The van der Waals surface area contributed by atoms with Gasteiger partial charge in [-0.1, -0.05) is 18.7 Å². The quantitative estimate of drug-likeness (QED) is 0.724. The Bertz CT molecular complexity index is 519. The van der Waals surface area contributed by atoms with Crippen molar-refractivity contribution >= 4 is 11.4 Å². The zero-order chi connectivity index (χ0) is 14.0. The molecular formula is C18H21N. The number of nitrogens with zero attached hydrogens (tertiary/aromatic N) is 1. The molecule has 2 aromatic rings. The Labute approximate surface area is 116 Å². The van der Waals surface area contributed by atoms with Crippen molar-refractivity contribution in [3.05, 3.63) is 71.4 Å². The van der Waals surface area contributed by atoms with Gasteiger partial charge in [-0.3, -0.25) is 0 Å². The first kappa shape index (κ1) is 13.4. The highest BCUT2D eigenvalue weighted by Gasteiger charge is 2.08. The van der Waals surface area contributed by atoms with Crippen LogP contribution >= 0.6 is 0 Å². The average Bonchev–Trinajstić information content (AvgIpc) is 2.27. The molecule has 1 heteroatoms. The van der Waals surface area contributed by atoms with Crippen LogP contribution in [-0.2, 0) is 0 Å². The summed E-state index contributed by atoms with van der Waals surface area (Å²) in [5, 5.41) is 0. The molecule has 98 valence electrons. The van der Waals surface area contributed by atoms with Crippen molar-refractivity contribution < 1.29 is 0 Å². The average molecular weight is 251 g/mol. The second kappa shape index (κ2) is 5.31. The highest BCUT2D eigenvalue weighted by molar-refractivity contribution is 5.68. The molecule has 0 N–H and O–H groups in total. The Morgan fingerprint density at radius 3 is 1.26 bits per heavy atom. The predicted octanol–water partition coefficient (Wildman–Crippen LogP) is 5.20. The van der Waals surface area contributed by atoms with Crippen molar-refractivity contribution in [2.75, 3.05) is 4.90 Å². The van der Waals surface area contributed by atoms with Crippen molar-refractivity contribution in [2.45, 2.75) is 27.7 Å². The summed E-state index contributed by atoms with van der Waals surface area (Å²) in [5.74, 6) is 0. The van der Waals surface area contributed by atoms with Crippen LogP contribution in [0.15, 0.2) is 49.2 Å². The third kappa shape index (κ3) is 3.05. The van der Waals surface area contributed by atoms with Gasteiger partial charge >= 0.3 is 0 Å². The first-order valence-corrected chi connectivity index (χ1v) is 6.58. The number of hydrogen-bond donors (Lipinski definition) is 0. The Morgan fingerprint density at radius 1 is 0.684 bits per heavy atom. The Hall–Kier alpha value is -2.02. The van der Waals surface area contributed by atoms with Crippen LogP contribution < -0.4 is 4.90 Å². The number of benzene rings is 2. The van der Waals surface area contributed by atoms with E-state index in [4.69, 9.17) is 0 Å². The van der Waals surface area contributed by atoms with Crippen LogP contribution in [-0.4, -0.2) is 0 Å². The summed E-state index contributed by atoms with van der Waals surface area (Å²) in [6.07, 6.45) is 1.88. The van der Waals surface area contributed by atoms with E-state index in [0.717, 1.165) is 11.4 Å². The number of hydrogen-bond acceptors (Lipinski definition) is 1. The largest absolute Gasteiger partial charge is 0.318 e. The summed E-state index contributed by atoms with van der Waals surface area (Å²) >= 11 is 0. The van der Waals surface area contributed by atoms with Gasteiger partial charge in [0.05, 0.1) is 0 Å². The summed E-state index contributed by atoms with van der Waals surface area (Å²) in [4.78, 5) is 2.14. The lowest BCUT2D eigenvalue weighted by atomic mass is 10.1. The molecule has 0 unspecified atom stereocenters. The standard InChI is InChI=1S/C18H21N/c1-6-19(17-9-13(2)7-14(3)10-17)18-11-15(4)8-16(5)12-18/h6-12H,1H2,2-5H3. The van der Waals surface area contributed by atoms with Gasteiger partial charge in [0, 0.05) is 17.6 Å². The van der Waals surface area contributed by atoms with Gasteiger partial charge in [0.15, 0.2) is 0 Å². The molecule has 0 saturated carbocycles. The lowest BCUT2D eigenvalue weighted by Crippen LogP contribution is -2.08. The lowest BCUT2D eigenvalue weighted by Gasteiger charge is -2.22. The normalized spacial score (nSPS) is 10.3. The fraction of sp³-hybridized carbons (Fsp3) is 0.222. The topological polar surface area (TPSA) is 3.24 Å². The van der Waals surface area contributed by atoms with Gasteiger partial charge in [-0.15, -0.1) is 0 Å². The van der Waals surface area contributed by atoms with Crippen molar-refractivity contribution in [3.63, 3.8) is 0 Å². The SMILES string of the molecule is C=CN(c1cc(C)cc(C)c1)c1cc(C)cc(C)c1. The molecule has 19 heavy (non-hydrogen) atoms. The Morgan fingerprint density at radius 2 is 1.00 bits per heavy atom. The van der Waals surface area contributed by atoms with E-state index in [1.807, 2.05) is 6.20 Å².